The topological polar surface area (TPSA) is 78.5 Å². The summed E-state index contributed by atoms with van der Waals surface area (Å²) < 4.78 is 28.0. The Bertz CT molecular complexity index is 606. The van der Waals surface area contributed by atoms with Crippen LogP contribution in [0.15, 0.2) is 39.8 Å². The summed E-state index contributed by atoms with van der Waals surface area (Å²) >= 11 is 0. The van der Waals surface area contributed by atoms with E-state index in [0.29, 0.717) is 16.5 Å². The van der Waals surface area contributed by atoms with Gasteiger partial charge in [0.05, 0.1) is 4.90 Å². The lowest BCUT2D eigenvalue weighted by Crippen LogP contribution is -2.14. The van der Waals surface area contributed by atoms with Gasteiger partial charge in [0, 0.05) is 6.07 Å². The lowest BCUT2D eigenvalue weighted by atomic mass is 9.81. The van der Waals surface area contributed by atoms with Gasteiger partial charge in [-0.05, 0) is 37.0 Å². The Morgan fingerprint density at radius 3 is 2.52 bits per heavy atom. The van der Waals surface area contributed by atoms with Crippen LogP contribution >= 0.6 is 10.8 Å². The van der Waals surface area contributed by atoms with Crippen molar-refractivity contribution in [3.05, 3.63) is 41.7 Å². The third-order valence-electron chi connectivity index (χ3n) is 3.88. The molecular weight excluding hydrogens is 288 g/mol. The second kappa shape index (κ2) is 5.71. The number of anilines is 1. The van der Waals surface area contributed by atoms with Crippen molar-refractivity contribution in [3.8, 4) is 0 Å². The maximum Gasteiger partial charge on any atom is 0.187 e. The number of rotatable bonds is 5. The normalized spacial score (nSPS) is 16.5. The van der Waals surface area contributed by atoms with E-state index in [4.69, 9.17) is 4.52 Å². The van der Waals surface area contributed by atoms with Crippen molar-refractivity contribution >= 4 is 16.6 Å². The summed E-state index contributed by atoms with van der Waals surface area (Å²) in [6, 6.07) is 9.10. The molecule has 1 saturated carbocycles. The van der Waals surface area contributed by atoms with Crippen LogP contribution < -0.4 is 4.72 Å². The van der Waals surface area contributed by atoms with Gasteiger partial charge >= 0.3 is 0 Å². The minimum atomic E-state index is -3.11. The van der Waals surface area contributed by atoms with Crippen molar-refractivity contribution in [1.82, 2.24) is 5.16 Å². The quantitative estimate of drug-likeness (QED) is 0.760. The zero-order valence-electron chi connectivity index (χ0n) is 12.0. The smallest absolute Gasteiger partial charge is 0.187 e. The Hall–Kier alpha value is -1.50. The average molecular weight is 308 g/mol. The highest BCUT2D eigenvalue weighted by atomic mass is 32.3. The van der Waals surface area contributed by atoms with E-state index in [1.165, 1.54) is 24.8 Å². The molecule has 21 heavy (non-hydrogen) atoms. The molecule has 114 valence electrons. The van der Waals surface area contributed by atoms with Crippen LogP contribution in [0, 0.1) is 12.8 Å². The van der Waals surface area contributed by atoms with E-state index in [9.17, 15) is 9.11 Å². The molecule has 0 amide bonds. The van der Waals surface area contributed by atoms with Crippen molar-refractivity contribution in [2.45, 2.75) is 37.5 Å². The van der Waals surface area contributed by atoms with Crippen LogP contribution in [0.3, 0.4) is 0 Å². The van der Waals surface area contributed by atoms with Crippen molar-refractivity contribution in [1.29, 1.82) is 0 Å². The van der Waals surface area contributed by atoms with E-state index >= 15 is 0 Å². The molecule has 1 aliphatic rings. The highest BCUT2D eigenvalue weighted by Gasteiger charge is 2.20. The van der Waals surface area contributed by atoms with Gasteiger partial charge in [0.25, 0.3) is 0 Å². The molecule has 0 spiro atoms. The summed E-state index contributed by atoms with van der Waals surface area (Å²) in [6.45, 7) is 1.75. The summed E-state index contributed by atoms with van der Waals surface area (Å²) in [4.78, 5) is 0.459. The molecule has 0 bridgehead atoms. The van der Waals surface area contributed by atoms with Gasteiger partial charge in [-0.1, -0.05) is 47.3 Å². The minimum Gasteiger partial charge on any atom is -0.360 e. The predicted octanol–water partition coefficient (Wildman–Crippen LogP) is 4.46. The molecule has 5 nitrogen and oxygen atoms in total. The molecule has 0 unspecified atom stereocenters. The molecule has 1 aliphatic carbocycles. The minimum absolute atomic E-state index is 0.325. The fourth-order valence-corrected chi connectivity index (χ4v) is 3.49. The van der Waals surface area contributed by atoms with E-state index in [2.05, 4.69) is 9.88 Å². The fraction of sp³-hybridized carbons (Fsp3) is 0.400. The molecule has 0 atom stereocenters. The molecule has 0 saturated heterocycles. The third-order valence-corrected chi connectivity index (χ3v) is 5.30. The second-order valence-corrected chi connectivity index (χ2v) is 7.39. The lowest BCUT2D eigenvalue weighted by Gasteiger charge is -2.32. The van der Waals surface area contributed by atoms with E-state index in [-0.39, 0.29) is 0 Å². The lowest BCUT2D eigenvalue weighted by molar-refractivity contribution is 0.314. The average Bonchev–Trinajstić information content (AvgIpc) is 2.79. The van der Waals surface area contributed by atoms with Gasteiger partial charge in [-0.2, -0.15) is 0 Å². The SMILES string of the molecule is Cc1cc(NS(O)(O)c2ccc(CC3CCC3)cc2)no1. The van der Waals surface area contributed by atoms with Crippen LogP contribution in [0.25, 0.3) is 0 Å². The van der Waals surface area contributed by atoms with Gasteiger partial charge in [-0.3, -0.25) is 13.8 Å². The molecule has 1 heterocycles. The van der Waals surface area contributed by atoms with Crippen molar-refractivity contribution in [2.75, 3.05) is 4.72 Å². The van der Waals surface area contributed by atoms with Gasteiger partial charge in [-0.15, -0.1) is 0 Å². The Labute approximate surface area is 125 Å². The summed E-state index contributed by atoms with van der Waals surface area (Å²) in [6.07, 6.45) is 5.04. The molecule has 3 rings (SSSR count). The molecule has 0 aliphatic heterocycles. The van der Waals surface area contributed by atoms with E-state index in [0.717, 1.165) is 12.3 Å². The van der Waals surface area contributed by atoms with Crippen molar-refractivity contribution in [2.24, 2.45) is 5.92 Å². The Morgan fingerprint density at radius 2 is 2.00 bits per heavy atom. The van der Waals surface area contributed by atoms with Crippen LogP contribution in [-0.2, 0) is 6.42 Å². The van der Waals surface area contributed by atoms with Gasteiger partial charge in [0.15, 0.2) is 5.82 Å². The first-order chi connectivity index (χ1) is 10.0. The Kier molecular flexibility index (Phi) is 3.93. The maximum atomic E-state index is 10.2. The molecule has 0 radical (unpaired) electrons. The maximum absolute atomic E-state index is 10.2. The van der Waals surface area contributed by atoms with E-state index in [1.54, 1.807) is 25.1 Å². The zero-order valence-corrected chi connectivity index (χ0v) is 12.8. The second-order valence-electron chi connectivity index (χ2n) is 5.62. The highest BCUT2D eigenvalue weighted by Crippen LogP contribution is 2.47. The highest BCUT2D eigenvalue weighted by molar-refractivity contribution is 8.25. The van der Waals surface area contributed by atoms with Gasteiger partial charge in [-0.25, -0.2) is 0 Å². The molecule has 6 heteroatoms. The summed E-state index contributed by atoms with van der Waals surface area (Å²) in [5, 5.41) is 3.72. The Morgan fingerprint density at radius 1 is 1.29 bits per heavy atom. The number of benzene rings is 1. The van der Waals surface area contributed by atoms with Crippen LogP contribution in [0.5, 0.6) is 0 Å². The number of nitrogens with one attached hydrogen (secondary N) is 1. The molecule has 1 aromatic heterocycles. The molecule has 2 aromatic rings. The molecule has 3 N–H and O–H groups in total. The van der Waals surface area contributed by atoms with Crippen LogP contribution in [-0.4, -0.2) is 14.3 Å². The van der Waals surface area contributed by atoms with Gasteiger partial charge < -0.3 is 4.52 Å². The van der Waals surface area contributed by atoms with Gasteiger partial charge in [0.1, 0.15) is 5.76 Å². The monoisotopic (exact) mass is 308 g/mol. The number of aromatic nitrogens is 1. The summed E-state index contributed by atoms with van der Waals surface area (Å²) in [7, 11) is -3.11. The van der Waals surface area contributed by atoms with Crippen molar-refractivity contribution in [3.63, 3.8) is 0 Å². The third kappa shape index (κ3) is 3.40. The number of hydrogen-bond acceptors (Lipinski definition) is 5. The van der Waals surface area contributed by atoms with Crippen LogP contribution in [0.4, 0.5) is 5.82 Å². The molecule has 1 aromatic carbocycles. The first-order valence-electron chi connectivity index (χ1n) is 7.11. The Balaban J connectivity index is 1.69. The first-order valence-corrected chi connectivity index (χ1v) is 8.66. The summed E-state index contributed by atoms with van der Waals surface area (Å²) in [5.41, 5.74) is 1.25. The number of hydrogen-bond donors (Lipinski definition) is 3. The summed E-state index contributed by atoms with van der Waals surface area (Å²) in [5.74, 6) is 1.74. The van der Waals surface area contributed by atoms with Gasteiger partial charge in [0.2, 0.25) is 0 Å². The number of aryl methyl sites for hydroxylation is 1. The van der Waals surface area contributed by atoms with Crippen molar-refractivity contribution < 1.29 is 13.6 Å². The van der Waals surface area contributed by atoms with Crippen LogP contribution in [0.1, 0.15) is 30.6 Å². The molecule has 1 fully saturated rings. The molecular formula is C15H20N2O3S. The van der Waals surface area contributed by atoms with Crippen LogP contribution in [0.2, 0.25) is 0 Å². The van der Waals surface area contributed by atoms with E-state index in [1.807, 2.05) is 12.1 Å². The predicted molar refractivity (Wildman–Crippen MR) is 83.5 cm³/mol. The first kappa shape index (κ1) is 14.4. The number of nitrogens with zero attached hydrogens (tertiary/aromatic N) is 1. The van der Waals surface area contributed by atoms with E-state index < -0.39 is 10.8 Å². The standard InChI is InChI=1S/C15H20N2O3S/c1-11-9-15(16-20-11)17-21(18,19)14-7-5-13(6-8-14)10-12-3-2-4-12/h5-9,12,18-19H,2-4,10H2,1H3,(H,16,17). The zero-order chi connectivity index (χ0) is 14.9. The fourth-order valence-electron chi connectivity index (χ4n) is 2.46. The largest absolute Gasteiger partial charge is 0.360 e.